The van der Waals surface area contributed by atoms with Crippen molar-refractivity contribution >= 4 is 11.7 Å². The lowest BCUT2D eigenvalue weighted by atomic mass is 9.93. The summed E-state index contributed by atoms with van der Waals surface area (Å²) in [4.78, 5) is 24.6. The molecule has 1 amide bonds. The number of hydrogen-bond acceptors (Lipinski definition) is 4. The number of benzene rings is 1. The molecule has 1 saturated carbocycles. The highest BCUT2D eigenvalue weighted by atomic mass is 19.3. The molecular weight excluding hydrogens is 318 g/mol. The van der Waals surface area contributed by atoms with Gasteiger partial charge in [0, 0.05) is 11.6 Å². The van der Waals surface area contributed by atoms with Crippen molar-refractivity contribution in [2.75, 3.05) is 0 Å². The van der Waals surface area contributed by atoms with Crippen molar-refractivity contribution in [3.05, 3.63) is 29.8 Å². The Hall–Kier alpha value is -2.49. The standard InChI is InChI=1S/C17H18F2N2O3/c18-17(19)24-13-8-4-5-11(9-13)15(22)14(10-20)16(23)21-12-6-2-1-3-7-12/h4-5,8-9,12,14,17H,1-3,6-7H2,(H,21,23). The first-order valence-electron chi connectivity index (χ1n) is 7.80. The molecule has 1 N–H and O–H groups in total. The van der Waals surface area contributed by atoms with E-state index < -0.39 is 24.2 Å². The molecule has 1 aliphatic rings. The molecule has 1 unspecified atom stereocenters. The summed E-state index contributed by atoms with van der Waals surface area (Å²) < 4.78 is 28.7. The van der Waals surface area contributed by atoms with E-state index in [9.17, 15) is 23.6 Å². The van der Waals surface area contributed by atoms with Crippen LogP contribution in [0.5, 0.6) is 5.75 Å². The van der Waals surface area contributed by atoms with E-state index in [-0.39, 0.29) is 17.4 Å². The predicted molar refractivity (Wildman–Crippen MR) is 81.5 cm³/mol. The van der Waals surface area contributed by atoms with Crippen molar-refractivity contribution in [3.63, 3.8) is 0 Å². The molecule has 0 spiro atoms. The van der Waals surface area contributed by atoms with Gasteiger partial charge in [-0.25, -0.2) is 0 Å². The topological polar surface area (TPSA) is 79.2 Å². The zero-order valence-electron chi connectivity index (χ0n) is 13.0. The van der Waals surface area contributed by atoms with Crippen LogP contribution in [0.3, 0.4) is 0 Å². The van der Waals surface area contributed by atoms with Crippen LogP contribution in [0.4, 0.5) is 8.78 Å². The van der Waals surface area contributed by atoms with Gasteiger partial charge in [0.15, 0.2) is 11.7 Å². The number of nitrogens with zero attached hydrogens (tertiary/aromatic N) is 1. The average molecular weight is 336 g/mol. The van der Waals surface area contributed by atoms with Gasteiger partial charge in [0.25, 0.3) is 0 Å². The van der Waals surface area contributed by atoms with Gasteiger partial charge >= 0.3 is 6.61 Å². The normalized spacial score (nSPS) is 16.2. The number of alkyl halides is 2. The number of amides is 1. The minimum absolute atomic E-state index is 0.0153. The van der Waals surface area contributed by atoms with E-state index in [0.29, 0.717) is 0 Å². The number of rotatable bonds is 6. The molecule has 24 heavy (non-hydrogen) atoms. The summed E-state index contributed by atoms with van der Waals surface area (Å²) in [5.41, 5.74) is -0.0153. The van der Waals surface area contributed by atoms with E-state index in [1.54, 1.807) is 6.07 Å². The van der Waals surface area contributed by atoms with Gasteiger partial charge in [-0.3, -0.25) is 9.59 Å². The van der Waals surface area contributed by atoms with Crippen LogP contribution in [-0.4, -0.2) is 24.3 Å². The minimum Gasteiger partial charge on any atom is -0.435 e. The Balaban J connectivity index is 2.07. The lowest BCUT2D eigenvalue weighted by Gasteiger charge is -2.23. The summed E-state index contributed by atoms with van der Waals surface area (Å²) >= 11 is 0. The maximum Gasteiger partial charge on any atom is 0.387 e. The third-order valence-electron chi connectivity index (χ3n) is 3.95. The van der Waals surface area contributed by atoms with Crippen LogP contribution < -0.4 is 10.1 Å². The van der Waals surface area contributed by atoms with E-state index in [2.05, 4.69) is 10.1 Å². The van der Waals surface area contributed by atoms with Gasteiger partial charge in [0.2, 0.25) is 5.91 Å². The predicted octanol–water partition coefficient (Wildman–Crippen LogP) is 3.06. The highest BCUT2D eigenvalue weighted by Crippen LogP contribution is 2.20. The lowest BCUT2D eigenvalue weighted by Crippen LogP contribution is -2.42. The third-order valence-corrected chi connectivity index (χ3v) is 3.95. The molecule has 0 radical (unpaired) electrons. The maximum atomic E-state index is 12.4. The zero-order valence-corrected chi connectivity index (χ0v) is 13.0. The number of ether oxygens (including phenoxy) is 1. The van der Waals surface area contributed by atoms with E-state index in [0.717, 1.165) is 38.2 Å². The van der Waals surface area contributed by atoms with Gasteiger partial charge in [-0.05, 0) is 25.0 Å². The van der Waals surface area contributed by atoms with Crippen LogP contribution in [0, 0.1) is 17.2 Å². The van der Waals surface area contributed by atoms with E-state index in [1.807, 2.05) is 0 Å². The zero-order chi connectivity index (χ0) is 17.5. The van der Waals surface area contributed by atoms with E-state index in [1.165, 1.54) is 18.2 Å². The molecule has 5 nitrogen and oxygen atoms in total. The van der Waals surface area contributed by atoms with Gasteiger partial charge in [-0.1, -0.05) is 31.4 Å². The van der Waals surface area contributed by atoms with Crippen molar-refractivity contribution < 1.29 is 23.1 Å². The first-order chi connectivity index (χ1) is 11.5. The molecular formula is C17H18F2N2O3. The number of Topliss-reactive ketones (excluding diaryl/α,β-unsaturated/α-hetero) is 1. The van der Waals surface area contributed by atoms with Crippen LogP contribution in [0.15, 0.2) is 24.3 Å². The van der Waals surface area contributed by atoms with Crippen LogP contribution in [0.2, 0.25) is 0 Å². The third kappa shape index (κ3) is 4.75. The van der Waals surface area contributed by atoms with Crippen LogP contribution in [-0.2, 0) is 4.79 Å². The molecule has 1 aromatic carbocycles. The molecule has 1 fully saturated rings. The van der Waals surface area contributed by atoms with Crippen molar-refractivity contribution in [2.24, 2.45) is 5.92 Å². The molecule has 1 aromatic rings. The van der Waals surface area contributed by atoms with E-state index in [4.69, 9.17) is 0 Å². The fourth-order valence-electron chi connectivity index (χ4n) is 2.76. The second kappa shape index (κ2) is 8.39. The van der Waals surface area contributed by atoms with Crippen LogP contribution in [0.1, 0.15) is 42.5 Å². The van der Waals surface area contributed by atoms with Crippen molar-refractivity contribution in [2.45, 2.75) is 44.8 Å². The lowest BCUT2D eigenvalue weighted by molar-refractivity contribution is -0.123. The second-order valence-electron chi connectivity index (χ2n) is 5.68. The summed E-state index contributed by atoms with van der Waals surface area (Å²) in [7, 11) is 0. The largest absolute Gasteiger partial charge is 0.435 e. The number of carbonyl (C=O) groups is 2. The fourth-order valence-corrected chi connectivity index (χ4v) is 2.76. The Morgan fingerprint density at radius 3 is 2.58 bits per heavy atom. The minimum atomic E-state index is -3.02. The van der Waals surface area contributed by atoms with Gasteiger partial charge < -0.3 is 10.1 Å². The monoisotopic (exact) mass is 336 g/mol. The van der Waals surface area contributed by atoms with Crippen LogP contribution in [0.25, 0.3) is 0 Å². The van der Waals surface area contributed by atoms with Crippen molar-refractivity contribution in [1.82, 2.24) is 5.32 Å². The number of nitriles is 1. The molecule has 0 aromatic heterocycles. The van der Waals surface area contributed by atoms with Gasteiger partial charge in [0.05, 0.1) is 6.07 Å². The maximum absolute atomic E-state index is 12.4. The molecule has 1 atom stereocenters. The molecule has 0 heterocycles. The first-order valence-corrected chi connectivity index (χ1v) is 7.80. The Labute approximate surface area is 138 Å². The molecule has 2 rings (SSSR count). The van der Waals surface area contributed by atoms with Gasteiger partial charge in [-0.15, -0.1) is 0 Å². The number of halogens is 2. The number of nitrogens with one attached hydrogen (secondary N) is 1. The number of carbonyl (C=O) groups excluding carboxylic acids is 2. The average Bonchev–Trinajstić information content (AvgIpc) is 2.56. The number of ketones is 1. The summed E-state index contributed by atoms with van der Waals surface area (Å²) in [6, 6.07) is 6.77. The highest BCUT2D eigenvalue weighted by Gasteiger charge is 2.29. The molecule has 0 aliphatic heterocycles. The Morgan fingerprint density at radius 1 is 1.25 bits per heavy atom. The molecule has 7 heteroatoms. The molecule has 0 bridgehead atoms. The van der Waals surface area contributed by atoms with Crippen molar-refractivity contribution in [1.29, 1.82) is 5.26 Å². The van der Waals surface area contributed by atoms with Gasteiger partial charge in [0.1, 0.15) is 5.75 Å². The highest BCUT2D eigenvalue weighted by molar-refractivity contribution is 6.12. The molecule has 128 valence electrons. The quantitative estimate of drug-likeness (QED) is 0.639. The number of hydrogen-bond donors (Lipinski definition) is 1. The Bertz CT molecular complexity index is 637. The first kappa shape index (κ1) is 17.9. The SMILES string of the molecule is N#CC(C(=O)NC1CCCCC1)C(=O)c1cccc(OC(F)F)c1. The van der Waals surface area contributed by atoms with Crippen LogP contribution >= 0.6 is 0 Å². The fraction of sp³-hybridized carbons (Fsp3) is 0.471. The van der Waals surface area contributed by atoms with Gasteiger partial charge in [-0.2, -0.15) is 14.0 Å². The van der Waals surface area contributed by atoms with Crippen molar-refractivity contribution in [3.8, 4) is 11.8 Å². The molecule has 1 aliphatic carbocycles. The second-order valence-corrected chi connectivity index (χ2v) is 5.68. The smallest absolute Gasteiger partial charge is 0.387 e. The summed E-state index contributed by atoms with van der Waals surface area (Å²) in [5, 5.41) is 11.9. The summed E-state index contributed by atoms with van der Waals surface area (Å²) in [5.74, 6) is -3.07. The Kier molecular flexibility index (Phi) is 6.24. The van der Waals surface area contributed by atoms with E-state index >= 15 is 0 Å². The molecule has 0 saturated heterocycles. The Morgan fingerprint density at radius 2 is 1.96 bits per heavy atom. The summed E-state index contributed by atoms with van der Waals surface area (Å²) in [6.45, 7) is -3.02. The summed E-state index contributed by atoms with van der Waals surface area (Å²) in [6.07, 6.45) is 4.78.